The Morgan fingerprint density at radius 3 is 2.46 bits per heavy atom. The van der Waals surface area contributed by atoms with Crippen molar-refractivity contribution < 1.29 is 18.7 Å². The van der Waals surface area contributed by atoms with E-state index in [0.717, 1.165) is 24.8 Å². The summed E-state index contributed by atoms with van der Waals surface area (Å²) in [6, 6.07) is 17.4. The number of ether oxygens (including phenoxy) is 2. The van der Waals surface area contributed by atoms with Crippen molar-refractivity contribution in [2.24, 2.45) is 0 Å². The maximum Gasteiger partial charge on any atom is 0.295 e. The molecule has 0 saturated carbocycles. The van der Waals surface area contributed by atoms with Crippen LogP contribution in [0.5, 0.6) is 11.5 Å². The van der Waals surface area contributed by atoms with Crippen molar-refractivity contribution in [2.75, 3.05) is 18.6 Å². The molecule has 1 unspecified atom stereocenters. The lowest BCUT2D eigenvalue weighted by molar-refractivity contribution is 0.0971. The van der Waals surface area contributed by atoms with E-state index in [9.17, 15) is 9.59 Å². The van der Waals surface area contributed by atoms with Crippen molar-refractivity contribution in [3.05, 3.63) is 98.4 Å². The highest BCUT2D eigenvalue weighted by Crippen LogP contribution is 2.43. The van der Waals surface area contributed by atoms with Crippen molar-refractivity contribution >= 4 is 34.2 Å². The first-order valence-corrected chi connectivity index (χ1v) is 12.8. The van der Waals surface area contributed by atoms with E-state index in [1.54, 1.807) is 30.2 Å². The Bertz CT molecular complexity index is 1530. The van der Waals surface area contributed by atoms with Crippen LogP contribution >= 0.6 is 11.6 Å². The maximum absolute atomic E-state index is 13.8. The second-order valence-electron chi connectivity index (χ2n) is 9.02. The molecule has 190 valence electrons. The number of benzene rings is 3. The van der Waals surface area contributed by atoms with Crippen LogP contribution in [0.15, 0.2) is 69.9 Å². The maximum atomic E-state index is 13.8. The van der Waals surface area contributed by atoms with Crippen LogP contribution in [0.4, 0.5) is 5.69 Å². The number of nitrogens with zero attached hydrogens (tertiary/aromatic N) is 1. The van der Waals surface area contributed by atoms with E-state index >= 15 is 0 Å². The number of hydrogen-bond donors (Lipinski definition) is 0. The molecular formula is C30H28ClNO5. The van der Waals surface area contributed by atoms with Crippen molar-refractivity contribution in [3.63, 3.8) is 0 Å². The Hall–Kier alpha value is -3.77. The van der Waals surface area contributed by atoms with Gasteiger partial charge in [0.1, 0.15) is 5.58 Å². The Kier molecular flexibility index (Phi) is 6.94. The van der Waals surface area contributed by atoms with Crippen molar-refractivity contribution in [1.82, 2.24) is 0 Å². The summed E-state index contributed by atoms with van der Waals surface area (Å²) >= 11 is 6.20. The molecule has 0 spiro atoms. The number of carbonyl (C=O) groups is 1. The van der Waals surface area contributed by atoms with E-state index in [-0.39, 0.29) is 22.7 Å². The molecule has 6 nitrogen and oxygen atoms in total. The first-order chi connectivity index (χ1) is 18.0. The highest BCUT2D eigenvalue weighted by atomic mass is 35.5. The summed E-state index contributed by atoms with van der Waals surface area (Å²) in [5.74, 6) is 0.802. The fraction of sp³-hybridized carbons (Fsp3) is 0.267. The van der Waals surface area contributed by atoms with Crippen LogP contribution in [-0.4, -0.2) is 19.6 Å². The molecule has 0 saturated heterocycles. The molecule has 1 aliphatic rings. The predicted octanol–water partition coefficient (Wildman–Crippen LogP) is 6.95. The van der Waals surface area contributed by atoms with E-state index in [4.69, 9.17) is 25.5 Å². The minimum Gasteiger partial charge on any atom is -0.493 e. The third kappa shape index (κ3) is 4.46. The predicted molar refractivity (Wildman–Crippen MR) is 145 cm³/mol. The number of halogens is 1. The van der Waals surface area contributed by atoms with Gasteiger partial charge in [0.05, 0.1) is 30.7 Å². The van der Waals surface area contributed by atoms with Gasteiger partial charge in [-0.15, -0.1) is 0 Å². The van der Waals surface area contributed by atoms with Gasteiger partial charge in [-0.3, -0.25) is 14.5 Å². The van der Waals surface area contributed by atoms with Crippen molar-refractivity contribution in [1.29, 1.82) is 0 Å². The quantitative estimate of drug-likeness (QED) is 0.237. The lowest BCUT2D eigenvalue weighted by Gasteiger charge is -2.26. The molecular weight excluding hydrogens is 490 g/mol. The number of methoxy groups -OCH3 is 1. The SMILES string of the molecule is CCCCOc1ccc(C2c3c(oc4ccc(Cl)cc4c3=O)C(=O)N2c2ccc(CC)cc2)cc1OC. The Labute approximate surface area is 220 Å². The number of amides is 1. The van der Waals surface area contributed by atoms with Crippen LogP contribution < -0.4 is 19.8 Å². The van der Waals surface area contributed by atoms with E-state index in [0.29, 0.717) is 45.3 Å². The van der Waals surface area contributed by atoms with Gasteiger partial charge in [0.25, 0.3) is 5.91 Å². The molecule has 0 fully saturated rings. The van der Waals surface area contributed by atoms with Crippen LogP contribution in [-0.2, 0) is 6.42 Å². The second kappa shape index (κ2) is 10.3. The zero-order valence-corrected chi connectivity index (χ0v) is 21.8. The molecule has 37 heavy (non-hydrogen) atoms. The van der Waals surface area contributed by atoms with Crippen LogP contribution in [0, 0.1) is 0 Å². The molecule has 1 aliphatic heterocycles. The zero-order valence-electron chi connectivity index (χ0n) is 21.0. The molecule has 7 heteroatoms. The third-order valence-corrected chi connectivity index (χ3v) is 6.95. The molecule has 3 aromatic carbocycles. The first-order valence-electron chi connectivity index (χ1n) is 12.5. The lowest BCUT2D eigenvalue weighted by atomic mass is 9.97. The molecule has 0 N–H and O–H groups in total. The number of carbonyl (C=O) groups excluding carboxylic acids is 1. The Balaban J connectivity index is 1.70. The van der Waals surface area contributed by atoms with Crippen molar-refractivity contribution in [2.45, 2.75) is 39.2 Å². The minimum atomic E-state index is -0.715. The van der Waals surface area contributed by atoms with E-state index < -0.39 is 6.04 Å². The smallest absolute Gasteiger partial charge is 0.295 e. The molecule has 1 atom stereocenters. The number of fused-ring (bicyclic) bond motifs is 2. The molecule has 5 rings (SSSR count). The Morgan fingerprint density at radius 1 is 0.973 bits per heavy atom. The van der Waals surface area contributed by atoms with Gasteiger partial charge in [0.2, 0.25) is 5.76 Å². The number of aryl methyl sites for hydroxylation is 1. The first kappa shape index (κ1) is 24.9. The van der Waals surface area contributed by atoms with Gasteiger partial charge in [0.15, 0.2) is 16.9 Å². The number of rotatable bonds is 8. The van der Waals surface area contributed by atoms with Crippen LogP contribution in [0.1, 0.15) is 60.0 Å². The van der Waals surface area contributed by atoms with E-state index in [1.165, 1.54) is 0 Å². The molecule has 2 heterocycles. The fourth-order valence-corrected chi connectivity index (χ4v) is 4.89. The normalized spacial score (nSPS) is 14.8. The highest BCUT2D eigenvalue weighted by Gasteiger charge is 2.44. The van der Waals surface area contributed by atoms with Crippen molar-refractivity contribution in [3.8, 4) is 11.5 Å². The average molecular weight is 518 g/mol. The molecule has 1 amide bonds. The number of anilines is 1. The van der Waals surface area contributed by atoms with Crippen LogP contribution in [0.2, 0.25) is 5.02 Å². The monoisotopic (exact) mass is 517 g/mol. The largest absolute Gasteiger partial charge is 0.493 e. The standard InChI is InChI=1S/C30H28ClNO5/c1-4-6-15-36-24-13-9-19(16-25(24)35-3)27-26-28(33)22-17-20(31)10-14-23(22)37-29(26)30(34)32(27)21-11-7-18(5-2)8-12-21/h7-14,16-17,27H,4-6,15H2,1-3H3. The van der Waals surface area contributed by atoms with Gasteiger partial charge >= 0.3 is 0 Å². The average Bonchev–Trinajstić information content (AvgIpc) is 3.21. The summed E-state index contributed by atoms with van der Waals surface area (Å²) in [6.45, 7) is 4.75. The van der Waals surface area contributed by atoms with Gasteiger partial charge in [-0.1, -0.05) is 50.1 Å². The highest BCUT2D eigenvalue weighted by molar-refractivity contribution is 6.31. The molecule has 4 aromatic rings. The summed E-state index contributed by atoms with van der Waals surface area (Å²) in [5.41, 5.74) is 2.84. The van der Waals surface area contributed by atoms with Crippen LogP contribution in [0.3, 0.4) is 0 Å². The van der Waals surface area contributed by atoms with Crippen LogP contribution in [0.25, 0.3) is 11.0 Å². The number of unbranched alkanes of at least 4 members (excludes halogenated alkanes) is 1. The summed E-state index contributed by atoms with van der Waals surface area (Å²) in [4.78, 5) is 29.2. The number of hydrogen-bond acceptors (Lipinski definition) is 5. The molecule has 0 bridgehead atoms. The molecule has 0 aliphatic carbocycles. The lowest BCUT2D eigenvalue weighted by Crippen LogP contribution is -2.29. The van der Waals surface area contributed by atoms with Gasteiger partial charge < -0.3 is 13.9 Å². The second-order valence-corrected chi connectivity index (χ2v) is 9.46. The van der Waals surface area contributed by atoms with E-state index in [2.05, 4.69) is 13.8 Å². The van der Waals surface area contributed by atoms with Gasteiger partial charge in [-0.25, -0.2) is 0 Å². The van der Waals surface area contributed by atoms with Gasteiger partial charge in [-0.2, -0.15) is 0 Å². The summed E-state index contributed by atoms with van der Waals surface area (Å²) in [6.07, 6.45) is 2.81. The van der Waals surface area contributed by atoms with Gasteiger partial charge in [-0.05, 0) is 66.4 Å². The third-order valence-electron chi connectivity index (χ3n) is 6.71. The minimum absolute atomic E-state index is 0.0339. The molecule has 1 aromatic heterocycles. The van der Waals surface area contributed by atoms with E-state index in [1.807, 2.05) is 42.5 Å². The summed E-state index contributed by atoms with van der Waals surface area (Å²) in [5, 5.41) is 0.751. The Morgan fingerprint density at radius 2 is 1.76 bits per heavy atom. The zero-order chi connectivity index (χ0) is 26.1. The fourth-order valence-electron chi connectivity index (χ4n) is 4.72. The summed E-state index contributed by atoms with van der Waals surface area (Å²) in [7, 11) is 1.57. The van der Waals surface area contributed by atoms with Gasteiger partial charge in [0, 0.05) is 10.7 Å². The summed E-state index contributed by atoms with van der Waals surface area (Å²) < 4.78 is 17.6. The topological polar surface area (TPSA) is 69.0 Å². The molecule has 0 radical (unpaired) electrons.